The number of aliphatic carboxylic acids is 1. The van der Waals surface area contributed by atoms with Crippen molar-refractivity contribution in [3.8, 4) is 11.5 Å². The van der Waals surface area contributed by atoms with E-state index < -0.39 is 17.8 Å². The molecular formula is C17H15Br2NO5S. The van der Waals surface area contributed by atoms with E-state index in [0.29, 0.717) is 22.9 Å². The van der Waals surface area contributed by atoms with Gasteiger partial charge in [0, 0.05) is 34.8 Å². The van der Waals surface area contributed by atoms with Crippen LogP contribution in [0.3, 0.4) is 0 Å². The van der Waals surface area contributed by atoms with E-state index in [-0.39, 0.29) is 6.54 Å². The highest BCUT2D eigenvalue weighted by atomic mass is 79.9. The van der Waals surface area contributed by atoms with Gasteiger partial charge in [0.2, 0.25) is 5.78 Å². The Hall–Kier alpha value is -1.42. The number of fused-ring (bicyclic) bond motifs is 1. The van der Waals surface area contributed by atoms with E-state index in [4.69, 9.17) is 9.47 Å². The summed E-state index contributed by atoms with van der Waals surface area (Å²) in [5.41, 5.74) is 1.58. The fourth-order valence-corrected chi connectivity index (χ4v) is 5.27. The molecule has 1 unspecified atom stereocenters. The van der Waals surface area contributed by atoms with Gasteiger partial charge in [0.1, 0.15) is 11.5 Å². The molecule has 1 aromatic heterocycles. The van der Waals surface area contributed by atoms with Gasteiger partial charge in [0.15, 0.2) is 6.04 Å². The molecule has 26 heavy (non-hydrogen) atoms. The van der Waals surface area contributed by atoms with Crippen LogP contribution in [0.5, 0.6) is 11.5 Å². The molecule has 3 rings (SSSR count). The van der Waals surface area contributed by atoms with Crippen LogP contribution in [0.15, 0.2) is 26.5 Å². The van der Waals surface area contributed by atoms with Crippen LogP contribution in [0.1, 0.15) is 20.8 Å². The molecule has 0 saturated carbocycles. The number of carboxylic acid groups (broad SMARTS) is 1. The van der Waals surface area contributed by atoms with E-state index in [1.807, 2.05) is 6.07 Å². The standard InChI is InChI=1S/C17H15Br2NO5S/c1-24-9-4-3-8(11(5-9)25-2)6-20-7-10-12(18)16(19)26-15(10)14(21)13(20)17(22)23/h3-5,13H,6-7H2,1-2H3,(H,22,23). The second-order valence-corrected chi connectivity index (χ2v) is 8.82. The molecule has 0 amide bonds. The molecule has 0 radical (unpaired) electrons. The molecule has 9 heteroatoms. The lowest BCUT2D eigenvalue weighted by molar-refractivity contribution is -0.141. The van der Waals surface area contributed by atoms with Crippen molar-refractivity contribution < 1.29 is 24.2 Å². The van der Waals surface area contributed by atoms with Crippen molar-refractivity contribution in [3.63, 3.8) is 0 Å². The van der Waals surface area contributed by atoms with Crippen LogP contribution in [0.25, 0.3) is 0 Å². The summed E-state index contributed by atoms with van der Waals surface area (Å²) >= 11 is 8.14. The van der Waals surface area contributed by atoms with Crippen molar-refractivity contribution in [3.05, 3.63) is 42.5 Å². The van der Waals surface area contributed by atoms with E-state index >= 15 is 0 Å². The van der Waals surface area contributed by atoms with Crippen molar-refractivity contribution >= 4 is 54.9 Å². The number of halogens is 2. The number of methoxy groups -OCH3 is 2. The first kappa shape index (κ1) is 19.3. The zero-order chi connectivity index (χ0) is 19.0. The van der Waals surface area contributed by atoms with Gasteiger partial charge in [-0.15, -0.1) is 11.3 Å². The van der Waals surface area contributed by atoms with Gasteiger partial charge in [-0.2, -0.15) is 0 Å². The molecule has 1 N–H and O–H groups in total. The maximum absolute atomic E-state index is 12.8. The van der Waals surface area contributed by atoms with Crippen molar-refractivity contribution in [1.82, 2.24) is 4.90 Å². The zero-order valence-corrected chi connectivity index (χ0v) is 17.9. The minimum Gasteiger partial charge on any atom is -0.497 e. The summed E-state index contributed by atoms with van der Waals surface area (Å²) in [6, 6.07) is 4.10. The van der Waals surface area contributed by atoms with Crippen LogP contribution in [-0.2, 0) is 17.9 Å². The quantitative estimate of drug-likeness (QED) is 0.621. The molecule has 2 aromatic rings. The van der Waals surface area contributed by atoms with Crippen LogP contribution in [0.2, 0.25) is 0 Å². The van der Waals surface area contributed by atoms with Crippen molar-refractivity contribution in [2.75, 3.05) is 14.2 Å². The summed E-state index contributed by atoms with van der Waals surface area (Å²) in [6.45, 7) is 0.602. The third-order valence-electron chi connectivity index (χ3n) is 4.20. The number of Topliss-reactive ketones (excluding diaryl/α,β-unsaturated/α-hetero) is 1. The van der Waals surface area contributed by atoms with E-state index in [9.17, 15) is 14.7 Å². The lowest BCUT2D eigenvalue weighted by atomic mass is 9.99. The van der Waals surface area contributed by atoms with Crippen LogP contribution in [0, 0.1) is 0 Å². The zero-order valence-electron chi connectivity index (χ0n) is 13.9. The largest absolute Gasteiger partial charge is 0.497 e. The fourth-order valence-electron chi connectivity index (χ4n) is 2.96. The molecule has 138 valence electrons. The average molecular weight is 505 g/mol. The molecule has 2 heterocycles. The predicted molar refractivity (Wildman–Crippen MR) is 104 cm³/mol. The Balaban J connectivity index is 1.99. The van der Waals surface area contributed by atoms with Gasteiger partial charge >= 0.3 is 5.97 Å². The number of ketones is 1. The van der Waals surface area contributed by atoms with Gasteiger partial charge in [-0.3, -0.25) is 14.5 Å². The van der Waals surface area contributed by atoms with Gasteiger partial charge in [0.25, 0.3) is 0 Å². The third kappa shape index (κ3) is 3.40. The summed E-state index contributed by atoms with van der Waals surface area (Å²) in [4.78, 5) is 26.7. The molecule has 0 bridgehead atoms. The highest BCUT2D eigenvalue weighted by molar-refractivity contribution is 9.13. The topological polar surface area (TPSA) is 76.1 Å². The maximum Gasteiger partial charge on any atom is 0.329 e. The third-order valence-corrected chi connectivity index (χ3v) is 7.79. The second kappa shape index (κ2) is 7.67. The normalized spacial score (nSPS) is 17.1. The smallest absolute Gasteiger partial charge is 0.329 e. The van der Waals surface area contributed by atoms with Crippen LogP contribution in [-0.4, -0.2) is 42.0 Å². The number of hydrogen-bond acceptors (Lipinski definition) is 6. The summed E-state index contributed by atoms with van der Waals surface area (Å²) in [7, 11) is 3.10. The first-order valence-electron chi connectivity index (χ1n) is 7.56. The van der Waals surface area contributed by atoms with Gasteiger partial charge in [-0.05, 0) is 37.9 Å². The van der Waals surface area contributed by atoms with Crippen LogP contribution in [0.4, 0.5) is 0 Å². The minimum absolute atomic E-state index is 0.259. The Labute approximate surface area is 171 Å². The van der Waals surface area contributed by atoms with E-state index in [1.165, 1.54) is 11.3 Å². The fraction of sp³-hybridized carbons (Fsp3) is 0.294. The number of rotatable bonds is 5. The van der Waals surface area contributed by atoms with Crippen molar-refractivity contribution in [2.24, 2.45) is 0 Å². The van der Waals surface area contributed by atoms with Gasteiger partial charge in [0.05, 0.1) is 22.9 Å². The number of carboxylic acids is 1. The highest BCUT2D eigenvalue weighted by Crippen LogP contribution is 2.42. The molecule has 1 aromatic carbocycles. The molecule has 1 aliphatic rings. The van der Waals surface area contributed by atoms with Crippen LogP contribution >= 0.6 is 43.2 Å². The van der Waals surface area contributed by atoms with Gasteiger partial charge in [-0.25, -0.2) is 0 Å². The number of thiophene rings is 1. The summed E-state index contributed by atoms with van der Waals surface area (Å²) in [6.07, 6.45) is 0. The molecule has 6 nitrogen and oxygen atoms in total. The first-order valence-corrected chi connectivity index (χ1v) is 9.96. The Morgan fingerprint density at radius 2 is 2.08 bits per heavy atom. The molecule has 0 saturated heterocycles. The average Bonchev–Trinajstić information content (AvgIpc) is 2.90. The summed E-state index contributed by atoms with van der Waals surface area (Å²) in [5, 5.41) is 9.63. The lowest BCUT2D eigenvalue weighted by Crippen LogP contribution is -2.49. The summed E-state index contributed by atoms with van der Waals surface area (Å²) < 4.78 is 12.2. The van der Waals surface area contributed by atoms with Crippen molar-refractivity contribution in [2.45, 2.75) is 19.1 Å². The molecule has 0 spiro atoms. The molecule has 0 aliphatic carbocycles. The number of carbonyl (C=O) groups excluding carboxylic acids is 1. The van der Waals surface area contributed by atoms with Gasteiger partial charge < -0.3 is 14.6 Å². The Morgan fingerprint density at radius 3 is 2.69 bits per heavy atom. The van der Waals surface area contributed by atoms with Gasteiger partial charge in [-0.1, -0.05) is 6.07 Å². The monoisotopic (exact) mass is 503 g/mol. The molecular weight excluding hydrogens is 490 g/mol. The number of carbonyl (C=O) groups is 2. The predicted octanol–water partition coefficient (Wildman–Crippen LogP) is 3.94. The second-order valence-electron chi connectivity index (χ2n) is 5.69. The number of hydrogen-bond donors (Lipinski definition) is 1. The maximum atomic E-state index is 12.8. The van der Waals surface area contributed by atoms with E-state index in [1.54, 1.807) is 31.3 Å². The Morgan fingerprint density at radius 1 is 1.35 bits per heavy atom. The number of benzene rings is 1. The van der Waals surface area contributed by atoms with Crippen molar-refractivity contribution in [1.29, 1.82) is 0 Å². The molecule has 0 fully saturated rings. The van der Waals surface area contributed by atoms with Crippen LogP contribution < -0.4 is 9.47 Å². The number of ether oxygens (including phenoxy) is 2. The number of nitrogens with zero attached hydrogens (tertiary/aromatic N) is 1. The SMILES string of the molecule is COc1ccc(CN2Cc3c(sc(Br)c3Br)C(=O)C2C(=O)O)c(OC)c1. The Bertz CT molecular complexity index is 882. The highest BCUT2D eigenvalue weighted by Gasteiger charge is 2.41. The molecule has 1 aliphatic heterocycles. The van der Waals surface area contributed by atoms with E-state index in [2.05, 4.69) is 31.9 Å². The minimum atomic E-state index is -1.23. The first-order chi connectivity index (χ1) is 12.4. The Kier molecular flexibility index (Phi) is 5.71. The summed E-state index contributed by atoms with van der Waals surface area (Å²) in [5.74, 6) is -0.337. The van der Waals surface area contributed by atoms with E-state index in [0.717, 1.165) is 19.4 Å². The molecule has 1 atom stereocenters. The lowest BCUT2D eigenvalue weighted by Gasteiger charge is -2.32.